The van der Waals surface area contributed by atoms with Gasteiger partial charge in [-0.05, 0) is 62.3 Å². The van der Waals surface area contributed by atoms with Crippen molar-refractivity contribution in [1.29, 1.82) is 0 Å². The molecule has 4 saturated carbocycles. The smallest absolute Gasteiger partial charge is 0.410 e. The Morgan fingerprint density at radius 3 is 2.71 bits per heavy atom. The van der Waals surface area contributed by atoms with E-state index in [0.29, 0.717) is 19.0 Å². The van der Waals surface area contributed by atoms with Crippen molar-refractivity contribution in [2.75, 3.05) is 13.1 Å². The van der Waals surface area contributed by atoms with Gasteiger partial charge in [0.25, 0.3) is 5.56 Å². The van der Waals surface area contributed by atoms with E-state index in [-0.39, 0.29) is 46.8 Å². The summed E-state index contributed by atoms with van der Waals surface area (Å²) in [5, 5.41) is 2.97. The largest absolute Gasteiger partial charge is 0.446 e. The number of aryl methyl sites for hydroxylation is 1. The molecule has 2 N–H and O–H groups in total. The molecule has 5 fully saturated rings. The molecule has 0 spiro atoms. The van der Waals surface area contributed by atoms with Gasteiger partial charge in [0.1, 0.15) is 6.10 Å². The number of aromatic nitrogens is 2. The second-order valence-electron chi connectivity index (χ2n) is 10.8. The number of primary amides is 1. The first-order valence-corrected chi connectivity index (χ1v) is 13.1. The monoisotopic (exact) mass is 482 g/mol. The maximum Gasteiger partial charge on any atom is 0.410 e. The average Bonchev–Trinajstić information content (AvgIpc) is 3.47. The number of hydrogen-bond acceptors (Lipinski definition) is 6. The zero-order chi connectivity index (χ0) is 23.6. The molecule has 4 aliphatic carbocycles. The Hall–Kier alpha value is -2.68. The van der Waals surface area contributed by atoms with E-state index >= 15 is 0 Å². The maximum absolute atomic E-state index is 13.1. The van der Waals surface area contributed by atoms with Gasteiger partial charge < -0.3 is 19.9 Å². The van der Waals surface area contributed by atoms with E-state index in [1.165, 1.54) is 4.57 Å². The predicted octanol–water partition coefficient (Wildman–Crippen LogP) is 3.11. The summed E-state index contributed by atoms with van der Waals surface area (Å²) in [4.78, 5) is 43.8. The van der Waals surface area contributed by atoms with Crippen LogP contribution in [-0.2, 0) is 16.6 Å². The molecule has 2 aromatic heterocycles. The molecule has 3 atom stereocenters. The van der Waals surface area contributed by atoms with Gasteiger partial charge in [0.05, 0.1) is 16.1 Å². The molecule has 34 heavy (non-hydrogen) atoms. The number of nitrogens with zero attached hydrogens (tertiary/aromatic N) is 3. The third kappa shape index (κ3) is 3.56. The van der Waals surface area contributed by atoms with Crippen LogP contribution >= 0.6 is 11.3 Å². The third-order valence-corrected chi connectivity index (χ3v) is 9.67. The molecule has 1 saturated heterocycles. The van der Waals surface area contributed by atoms with Crippen molar-refractivity contribution < 1.29 is 14.3 Å². The number of nitrogens with two attached hydrogens (primary N) is 1. The van der Waals surface area contributed by atoms with Crippen LogP contribution in [0.1, 0.15) is 49.5 Å². The first-order chi connectivity index (χ1) is 16.3. The second kappa shape index (κ2) is 7.93. The summed E-state index contributed by atoms with van der Waals surface area (Å²) in [5.74, 6) is 1.05. The van der Waals surface area contributed by atoms with Gasteiger partial charge >= 0.3 is 6.09 Å². The molecule has 2 aromatic rings. The van der Waals surface area contributed by atoms with Crippen LogP contribution in [0.4, 0.5) is 4.79 Å². The summed E-state index contributed by atoms with van der Waals surface area (Å²) in [6, 6.07) is 3.50. The molecule has 5 aliphatic rings. The molecular weight excluding hydrogens is 452 g/mol. The molecule has 4 bridgehead atoms. The number of hydrogen-bond donors (Lipinski definition) is 1. The van der Waals surface area contributed by atoms with E-state index in [4.69, 9.17) is 15.5 Å². The minimum absolute atomic E-state index is 0.0617. The zero-order valence-corrected chi connectivity index (χ0v) is 20.1. The highest BCUT2D eigenvalue weighted by Crippen LogP contribution is 2.60. The van der Waals surface area contributed by atoms with Crippen molar-refractivity contribution in [1.82, 2.24) is 14.5 Å². The predicted molar refractivity (Wildman–Crippen MR) is 127 cm³/mol. The number of carbonyl (C=O) groups is 2. The molecule has 1 aliphatic heterocycles. The van der Waals surface area contributed by atoms with Gasteiger partial charge in [-0.25, -0.2) is 9.78 Å². The van der Waals surface area contributed by atoms with Gasteiger partial charge in [-0.2, -0.15) is 0 Å². The number of likely N-dealkylation sites (tertiary alicyclic amines) is 1. The minimum atomic E-state index is -0.371. The lowest BCUT2D eigenvalue weighted by Gasteiger charge is -2.58. The van der Waals surface area contributed by atoms with Crippen LogP contribution in [0.5, 0.6) is 0 Å². The SMILES string of the molecule is Cn1ccc(-c2csc(C3CCN(C(=O)O[C@H]4C5CC6CC4C[C@](C(N)=O)(C6)C5)C3)n2)cc1=O. The summed E-state index contributed by atoms with van der Waals surface area (Å²) < 4.78 is 7.64. The van der Waals surface area contributed by atoms with E-state index in [2.05, 4.69) is 0 Å². The molecular formula is C25H30N4O4S. The van der Waals surface area contributed by atoms with E-state index in [1.807, 2.05) is 11.4 Å². The molecule has 8 nitrogen and oxygen atoms in total. The third-order valence-electron chi connectivity index (χ3n) is 8.66. The number of rotatable bonds is 4. The van der Waals surface area contributed by atoms with Crippen LogP contribution in [0.3, 0.4) is 0 Å². The Labute approximate surface area is 202 Å². The fraction of sp³-hybridized carbons (Fsp3) is 0.600. The second-order valence-corrected chi connectivity index (χ2v) is 11.7. The van der Waals surface area contributed by atoms with Gasteiger partial charge in [0, 0.05) is 49.3 Å². The summed E-state index contributed by atoms with van der Waals surface area (Å²) >= 11 is 1.58. The number of ether oxygens (including phenoxy) is 1. The Balaban J connectivity index is 1.10. The van der Waals surface area contributed by atoms with E-state index in [9.17, 15) is 14.4 Å². The van der Waals surface area contributed by atoms with Gasteiger partial charge in [0.2, 0.25) is 5.91 Å². The molecule has 2 amide bonds. The van der Waals surface area contributed by atoms with Crippen molar-refractivity contribution in [2.24, 2.45) is 36.0 Å². The summed E-state index contributed by atoms with van der Waals surface area (Å²) in [6.45, 7) is 1.25. The van der Waals surface area contributed by atoms with Gasteiger partial charge in [-0.3, -0.25) is 9.59 Å². The van der Waals surface area contributed by atoms with Crippen LogP contribution in [0.15, 0.2) is 28.5 Å². The van der Waals surface area contributed by atoms with Gasteiger partial charge in [-0.15, -0.1) is 11.3 Å². The Morgan fingerprint density at radius 2 is 2.00 bits per heavy atom. The molecule has 7 rings (SSSR count). The fourth-order valence-electron chi connectivity index (χ4n) is 7.11. The summed E-state index contributed by atoms with van der Waals surface area (Å²) in [7, 11) is 1.73. The number of amides is 2. The quantitative estimate of drug-likeness (QED) is 0.721. The van der Waals surface area contributed by atoms with E-state index < -0.39 is 0 Å². The summed E-state index contributed by atoms with van der Waals surface area (Å²) in [5.41, 5.74) is 6.97. The lowest BCUT2D eigenvalue weighted by molar-refractivity contribution is -0.161. The topological polar surface area (TPSA) is 108 Å². The van der Waals surface area contributed by atoms with Crippen molar-refractivity contribution >= 4 is 23.3 Å². The molecule has 0 aromatic carbocycles. The zero-order valence-electron chi connectivity index (χ0n) is 19.3. The molecule has 180 valence electrons. The molecule has 3 heterocycles. The van der Waals surface area contributed by atoms with Crippen LogP contribution in [0, 0.1) is 23.2 Å². The van der Waals surface area contributed by atoms with Crippen LogP contribution < -0.4 is 11.3 Å². The van der Waals surface area contributed by atoms with Crippen LogP contribution in [-0.4, -0.2) is 45.6 Å². The number of carbonyl (C=O) groups excluding carboxylic acids is 2. The van der Waals surface area contributed by atoms with Crippen molar-refractivity contribution in [3.63, 3.8) is 0 Å². The lowest BCUT2D eigenvalue weighted by atomic mass is 9.48. The van der Waals surface area contributed by atoms with Crippen molar-refractivity contribution in [3.8, 4) is 11.3 Å². The molecule has 3 unspecified atom stereocenters. The standard InChI is InChI=1S/C25H30N4O4S/c1-28-4-2-15(8-20(28)30)19-13-34-22(27-19)16-3-5-29(12-16)24(32)33-21-17-6-14-7-18(21)11-25(9-14,10-17)23(26)31/h2,4,8,13-14,16-18,21H,3,5-7,9-12H2,1H3,(H2,26,31)/t14?,16?,17?,18?,21-,25-. The van der Waals surface area contributed by atoms with Crippen molar-refractivity contribution in [2.45, 2.75) is 50.5 Å². The minimum Gasteiger partial charge on any atom is -0.446 e. The van der Waals surface area contributed by atoms with Crippen LogP contribution in [0.2, 0.25) is 0 Å². The first-order valence-electron chi connectivity index (χ1n) is 12.2. The summed E-state index contributed by atoms with van der Waals surface area (Å²) in [6.07, 6.45) is 6.78. The Bertz CT molecular complexity index is 1190. The van der Waals surface area contributed by atoms with Crippen molar-refractivity contribution in [3.05, 3.63) is 39.1 Å². The highest BCUT2D eigenvalue weighted by atomic mass is 32.1. The fourth-order valence-corrected chi connectivity index (χ4v) is 8.06. The lowest BCUT2D eigenvalue weighted by Crippen LogP contribution is -2.59. The number of pyridine rings is 1. The van der Waals surface area contributed by atoms with Gasteiger partial charge in [-0.1, -0.05) is 0 Å². The number of thiazole rings is 1. The Kier molecular flexibility index (Phi) is 5.09. The highest BCUT2D eigenvalue weighted by molar-refractivity contribution is 7.10. The maximum atomic E-state index is 13.1. The molecule has 0 radical (unpaired) electrons. The average molecular weight is 483 g/mol. The van der Waals surface area contributed by atoms with E-state index in [0.717, 1.165) is 54.8 Å². The van der Waals surface area contributed by atoms with Crippen LogP contribution in [0.25, 0.3) is 11.3 Å². The van der Waals surface area contributed by atoms with Gasteiger partial charge in [0.15, 0.2) is 0 Å². The Morgan fingerprint density at radius 1 is 1.24 bits per heavy atom. The highest BCUT2D eigenvalue weighted by Gasteiger charge is 2.59. The van der Waals surface area contributed by atoms with E-state index in [1.54, 1.807) is 35.5 Å². The normalized spacial score (nSPS) is 33.9. The first kappa shape index (κ1) is 21.8. The molecule has 9 heteroatoms.